The predicted molar refractivity (Wildman–Crippen MR) is 76.0 cm³/mol. The number of hydrogen-bond acceptors (Lipinski definition) is 6. The van der Waals surface area contributed by atoms with Crippen LogP contribution in [0.3, 0.4) is 0 Å². The molecule has 6 nitrogen and oxygen atoms in total. The topological polar surface area (TPSA) is 90.5 Å². The maximum absolute atomic E-state index is 8.83. The number of aliphatic hydroxyl groups is 1. The summed E-state index contributed by atoms with van der Waals surface area (Å²) in [5.41, 5.74) is 6.92. The maximum atomic E-state index is 8.83. The number of aromatic nitrogens is 2. The summed E-state index contributed by atoms with van der Waals surface area (Å²) in [5, 5.41) is 9.09. The van der Waals surface area contributed by atoms with Gasteiger partial charge in [0.05, 0.1) is 19.4 Å². The van der Waals surface area contributed by atoms with E-state index in [-0.39, 0.29) is 24.3 Å². The van der Waals surface area contributed by atoms with Crippen LogP contribution in [-0.2, 0) is 0 Å². The van der Waals surface area contributed by atoms with E-state index in [0.29, 0.717) is 17.2 Å². The third-order valence-corrected chi connectivity index (χ3v) is 2.71. The summed E-state index contributed by atoms with van der Waals surface area (Å²) in [7, 11) is 1.54. The van der Waals surface area contributed by atoms with Crippen molar-refractivity contribution in [1.29, 1.82) is 0 Å². The fraction of sp³-hybridized carbons (Fsp3) is 0.231. The van der Waals surface area contributed by atoms with E-state index in [1.807, 2.05) is 6.07 Å². The van der Waals surface area contributed by atoms with E-state index in [4.69, 9.17) is 31.9 Å². The number of rotatable bonds is 5. The van der Waals surface area contributed by atoms with Gasteiger partial charge in [-0.25, -0.2) is 9.97 Å². The molecule has 7 heteroatoms. The van der Waals surface area contributed by atoms with Gasteiger partial charge in [0.1, 0.15) is 11.8 Å². The van der Waals surface area contributed by atoms with E-state index in [1.165, 1.54) is 0 Å². The molecule has 106 valence electrons. The van der Waals surface area contributed by atoms with Gasteiger partial charge in [-0.2, -0.15) is 0 Å². The minimum atomic E-state index is -0.0837. The third kappa shape index (κ3) is 3.28. The molecule has 2 aromatic rings. The van der Waals surface area contributed by atoms with Crippen LogP contribution >= 0.6 is 11.6 Å². The highest BCUT2D eigenvalue weighted by atomic mass is 35.5. The number of nitrogen functional groups attached to an aromatic ring is 1. The van der Waals surface area contributed by atoms with Crippen molar-refractivity contribution in [2.75, 3.05) is 26.1 Å². The molecule has 0 saturated heterocycles. The molecule has 3 N–H and O–H groups in total. The normalized spacial score (nSPS) is 10.3. The first kappa shape index (κ1) is 14.4. The molecule has 0 saturated carbocycles. The Morgan fingerprint density at radius 1 is 1.25 bits per heavy atom. The lowest BCUT2D eigenvalue weighted by Gasteiger charge is -2.11. The van der Waals surface area contributed by atoms with Crippen molar-refractivity contribution < 1.29 is 14.6 Å². The molecule has 1 aromatic heterocycles. The summed E-state index contributed by atoms with van der Waals surface area (Å²) in [4.78, 5) is 7.93. The van der Waals surface area contributed by atoms with E-state index in [2.05, 4.69) is 9.97 Å². The van der Waals surface area contributed by atoms with Gasteiger partial charge in [0.25, 0.3) is 0 Å². The fourth-order valence-corrected chi connectivity index (χ4v) is 1.88. The maximum Gasteiger partial charge on any atom is 0.221 e. The first-order valence-corrected chi connectivity index (χ1v) is 6.24. The highest BCUT2D eigenvalue weighted by molar-refractivity contribution is 6.29. The number of nitrogens with zero attached hydrogens (tertiary/aromatic N) is 2. The first-order valence-electron chi connectivity index (χ1n) is 5.86. The van der Waals surface area contributed by atoms with Gasteiger partial charge in [-0.15, -0.1) is 0 Å². The van der Waals surface area contributed by atoms with Crippen LogP contribution in [0.4, 0.5) is 5.95 Å². The molecule has 1 heterocycles. The van der Waals surface area contributed by atoms with E-state index in [1.54, 1.807) is 25.3 Å². The average molecular weight is 296 g/mol. The molecule has 0 amide bonds. The second-order valence-corrected chi connectivity index (χ2v) is 4.26. The predicted octanol–water partition coefficient (Wildman–Crippen LogP) is 1.76. The summed E-state index contributed by atoms with van der Waals surface area (Å²) in [6.07, 6.45) is 0. The minimum Gasteiger partial charge on any atom is -0.493 e. The van der Waals surface area contributed by atoms with Crippen molar-refractivity contribution in [2.24, 2.45) is 0 Å². The van der Waals surface area contributed by atoms with Crippen molar-refractivity contribution >= 4 is 17.5 Å². The lowest BCUT2D eigenvalue weighted by molar-refractivity contribution is 0.196. The summed E-state index contributed by atoms with van der Waals surface area (Å²) >= 11 is 5.86. The lowest BCUT2D eigenvalue weighted by Crippen LogP contribution is -2.03. The molecule has 0 aliphatic heterocycles. The number of hydrogen-bond donors (Lipinski definition) is 2. The first-order chi connectivity index (χ1) is 9.63. The monoisotopic (exact) mass is 295 g/mol. The molecule has 0 bridgehead atoms. The van der Waals surface area contributed by atoms with Crippen LogP contribution in [0.15, 0.2) is 24.3 Å². The van der Waals surface area contributed by atoms with Crippen LogP contribution in [0, 0.1) is 0 Å². The van der Waals surface area contributed by atoms with E-state index in [0.717, 1.165) is 5.56 Å². The Morgan fingerprint density at radius 3 is 2.70 bits per heavy atom. The zero-order valence-electron chi connectivity index (χ0n) is 10.8. The Labute approximate surface area is 121 Å². The van der Waals surface area contributed by atoms with Gasteiger partial charge in [-0.1, -0.05) is 11.6 Å². The quantitative estimate of drug-likeness (QED) is 0.817. The zero-order valence-corrected chi connectivity index (χ0v) is 11.6. The zero-order chi connectivity index (χ0) is 14.5. The van der Waals surface area contributed by atoms with Crippen LogP contribution in [0.25, 0.3) is 11.3 Å². The van der Waals surface area contributed by atoms with Crippen LogP contribution in [-0.4, -0.2) is 35.4 Å². The van der Waals surface area contributed by atoms with Gasteiger partial charge in [-0.05, 0) is 18.2 Å². The Morgan fingerprint density at radius 2 is 2.05 bits per heavy atom. The largest absolute Gasteiger partial charge is 0.493 e. The molecule has 0 fully saturated rings. The Kier molecular flexibility index (Phi) is 4.60. The molecule has 0 spiro atoms. The Bertz CT molecular complexity index is 587. The highest BCUT2D eigenvalue weighted by Gasteiger charge is 2.09. The number of methoxy groups -OCH3 is 1. The van der Waals surface area contributed by atoms with Crippen molar-refractivity contribution in [3.63, 3.8) is 0 Å². The molecule has 0 aliphatic rings. The smallest absolute Gasteiger partial charge is 0.221 e. The standard InChI is InChI=1S/C13H14ClN3O3/c1-19-10-3-2-8(6-11(10)20-5-4-18)9-7-12(14)17-13(15)16-9/h2-3,6-7,18H,4-5H2,1H3,(H2,15,16,17). The van der Waals surface area contributed by atoms with Crippen molar-refractivity contribution in [3.05, 3.63) is 29.4 Å². The number of benzene rings is 1. The molecular weight excluding hydrogens is 282 g/mol. The van der Waals surface area contributed by atoms with Gasteiger partial charge in [0, 0.05) is 11.6 Å². The second kappa shape index (κ2) is 6.40. The van der Waals surface area contributed by atoms with Gasteiger partial charge in [0.2, 0.25) is 5.95 Å². The molecule has 0 radical (unpaired) electrons. The number of ether oxygens (including phenoxy) is 2. The molecule has 0 atom stereocenters. The molecule has 0 unspecified atom stereocenters. The lowest BCUT2D eigenvalue weighted by atomic mass is 10.1. The average Bonchev–Trinajstić information content (AvgIpc) is 2.43. The number of anilines is 1. The molecule has 1 aromatic carbocycles. The molecule has 20 heavy (non-hydrogen) atoms. The van der Waals surface area contributed by atoms with E-state index < -0.39 is 0 Å². The third-order valence-electron chi connectivity index (χ3n) is 2.52. The van der Waals surface area contributed by atoms with E-state index in [9.17, 15) is 0 Å². The van der Waals surface area contributed by atoms with Crippen LogP contribution in [0.1, 0.15) is 0 Å². The fourth-order valence-electron chi connectivity index (χ4n) is 1.69. The summed E-state index contributed by atoms with van der Waals surface area (Å²) in [6.45, 7) is 0.0894. The van der Waals surface area contributed by atoms with Crippen molar-refractivity contribution in [1.82, 2.24) is 9.97 Å². The van der Waals surface area contributed by atoms with Crippen LogP contribution in [0.2, 0.25) is 5.15 Å². The Balaban J connectivity index is 2.41. The van der Waals surface area contributed by atoms with Crippen LogP contribution in [0.5, 0.6) is 11.5 Å². The van der Waals surface area contributed by atoms with Gasteiger partial charge < -0.3 is 20.3 Å². The van der Waals surface area contributed by atoms with E-state index >= 15 is 0 Å². The number of nitrogens with two attached hydrogens (primary N) is 1. The van der Waals surface area contributed by atoms with Gasteiger partial charge >= 0.3 is 0 Å². The van der Waals surface area contributed by atoms with Crippen molar-refractivity contribution in [2.45, 2.75) is 0 Å². The van der Waals surface area contributed by atoms with Crippen molar-refractivity contribution in [3.8, 4) is 22.8 Å². The molecular formula is C13H14ClN3O3. The highest BCUT2D eigenvalue weighted by Crippen LogP contribution is 2.32. The number of halogens is 1. The minimum absolute atomic E-state index is 0.0837. The molecule has 0 aliphatic carbocycles. The van der Waals surface area contributed by atoms with Gasteiger partial charge in [-0.3, -0.25) is 0 Å². The summed E-state index contributed by atoms with van der Waals surface area (Å²) < 4.78 is 10.6. The summed E-state index contributed by atoms with van der Waals surface area (Å²) in [6, 6.07) is 6.90. The van der Waals surface area contributed by atoms with Gasteiger partial charge in [0.15, 0.2) is 11.5 Å². The Hall–Kier alpha value is -2.05. The van der Waals surface area contributed by atoms with Crippen LogP contribution < -0.4 is 15.2 Å². The molecule has 2 rings (SSSR count). The number of aliphatic hydroxyl groups excluding tert-OH is 1. The SMILES string of the molecule is COc1ccc(-c2cc(Cl)nc(N)n2)cc1OCCO. The summed E-state index contributed by atoms with van der Waals surface area (Å²) in [5.74, 6) is 1.17. The second-order valence-electron chi connectivity index (χ2n) is 3.87.